The molecule has 28 heavy (non-hydrogen) atoms. The molecule has 1 saturated carbocycles. The van der Waals surface area contributed by atoms with Crippen molar-refractivity contribution in [1.82, 2.24) is 14.9 Å². The number of benzene rings is 1. The Morgan fingerprint density at radius 2 is 1.96 bits per heavy atom. The van der Waals surface area contributed by atoms with Gasteiger partial charge in [-0.2, -0.15) is 0 Å². The summed E-state index contributed by atoms with van der Waals surface area (Å²) in [5.74, 6) is 0.863. The molecule has 2 aromatic rings. The van der Waals surface area contributed by atoms with Gasteiger partial charge >= 0.3 is 0 Å². The van der Waals surface area contributed by atoms with Crippen LogP contribution in [0.3, 0.4) is 0 Å². The third kappa shape index (κ3) is 4.77. The summed E-state index contributed by atoms with van der Waals surface area (Å²) in [7, 11) is 0. The molecule has 0 unspecified atom stereocenters. The molecule has 0 spiro atoms. The highest BCUT2D eigenvalue weighted by Gasteiger charge is 2.26. The predicted octanol–water partition coefficient (Wildman–Crippen LogP) is 4.23. The SMILES string of the molecule is CC(C)Cn1c(S[C@H](C)C(=O)N[C@@H]2CCCC[C@@H]2C)nc2ccccc2c1=O. The smallest absolute Gasteiger partial charge is 0.262 e. The molecule has 1 aromatic carbocycles. The number of hydrogen-bond acceptors (Lipinski definition) is 4. The van der Waals surface area contributed by atoms with Crippen LogP contribution in [-0.4, -0.2) is 26.8 Å². The van der Waals surface area contributed by atoms with Crippen LogP contribution in [0.4, 0.5) is 0 Å². The number of rotatable bonds is 6. The van der Waals surface area contributed by atoms with E-state index in [1.807, 2.05) is 31.2 Å². The number of hydrogen-bond donors (Lipinski definition) is 1. The summed E-state index contributed by atoms with van der Waals surface area (Å²) in [6.07, 6.45) is 4.65. The van der Waals surface area contributed by atoms with Crippen molar-refractivity contribution in [3.05, 3.63) is 34.6 Å². The summed E-state index contributed by atoms with van der Waals surface area (Å²) in [6, 6.07) is 7.67. The third-order valence-electron chi connectivity index (χ3n) is 5.46. The molecule has 1 aromatic heterocycles. The average Bonchev–Trinajstić information content (AvgIpc) is 2.66. The fourth-order valence-corrected chi connectivity index (χ4v) is 4.73. The quantitative estimate of drug-likeness (QED) is 0.581. The molecule has 6 heteroatoms. The minimum Gasteiger partial charge on any atom is -0.352 e. The summed E-state index contributed by atoms with van der Waals surface area (Å²) in [6.45, 7) is 8.86. The number of amides is 1. The van der Waals surface area contributed by atoms with E-state index in [1.54, 1.807) is 4.57 Å². The standard InChI is InChI=1S/C22H31N3O2S/c1-14(2)13-25-21(27)17-10-6-8-12-19(17)24-22(25)28-16(4)20(26)23-18-11-7-5-9-15(18)3/h6,8,10,12,14-16,18H,5,7,9,11,13H2,1-4H3,(H,23,26)/t15-,16+,18+/m0/s1. The maximum absolute atomic E-state index is 13.0. The van der Waals surface area contributed by atoms with Gasteiger partial charge in [-0.15, -0.1) is 0 Å². The molecule has 1 aliphatic carbocycles. The normalized spacial score (nSPS) is 21.0. The Kier molecular flexibility index (Phi) is 6.81. The molecule has 0 aliphatic heterocycles. The Balaban J connectivity index is 1.83. The van der Waals surface area contributed by atoms with Gasteiger partial charge in [0.05, 0.1) is 16.2 Å². The van der Waals surface area contributed by atoms with Gasteiger partial charge in [0, 0.05) is 12.6 Å². The van der Waals surface area contributed by atoms with E-state index in [-0.39, 0.29) is 22.8 Å². The molecular weight excluding hydrogens is 370 g/mol. The van der Waals surface area contributed by atoms with Crippen LogP contribution in [0.1, 0.15) is 53.4 Å². The maximum Gasteiger partial charge on any atom is 0.262 e. The Morgan fingerprint density at radius 3 is 2.68 bits per heavy atom. The molecule has 5 nitrogen and oxygen atoms in total. The van der Waals surface area contributed by atoms with Crippen molar-refractivity contribution in [3.8, 4) is 0 Å². The van der Waals surface area contributed by atoms with Gasteiger partial charge in [-0.05, 0) is 43.7 Å². The Hall–Kier alpha value is -1.82. The summed E-state index contributed by atoms with van der Waals surface area (Å²) in [4.78, 5) is 30.5. The van der Waals surface area contributed by atoms with E-state index in [0.29, 0.717) is 34.4 Å². The first-order chi connectivity index (χ1) is 13.4. The van der Waals surface area contributed by atoms with Crippen molar-refractivity contribution < 1.29 is 4.79 Å². The van der Waals surface area contributed by atoms with Crippen molar-refractivity contribution in [2.24, 2.45) is 11.8 Å². The first-order valence-electron chi connectivity index (χ1n) is 10.3. The van der Waals surface area contributed by atoms with Crippen molar-refractivity contribution in [2.75, 3.05) is 0 Å². The molecule has 0 bridgehead atoms. The van der Waals surface area contributed by atoms with Crippen LogP contribution in [0, 0.1) is 11.8 Å². The lowest BCUT2D eigenvalue weighted by molar-refractivity contribution is -0.121. The molecule has 0 saturated heterocycles. The molecule has 0 radical (unpaired) electrons. The van der Waals surface area contributed by atoms with Gasteiger partial charge in [0.15, 0.2) is 5.16 Å². The van der Waals surface area contributed by atoms with Gasteiger partial charge in [0.25, 0.3) is 5.56 Å². The van der Waals surface area contributed by atoms with E-state index in [1.165, 1.54) is 31.0 Å². The number of fused-ring (bicyclic) bond motifs is 1. The van der Waals surface area contributed by atoms with E-state index in [4.69, 9.17) is 4.98 Å². The number of nitrogens with zero attached hydrogens (tertiary/aromatic N) is 2. The van der Waals surface area contributed by atoms with Gasteiger partial charge in [0.2, 0.25) is 5.91 Å². The number of thioether (sulfide) groups is 1. The summed E-state index contributed by atoms with van der Waals surface area (Å²) in [5, 5.41) is 4.17. The molecule has 1 heterocycles. The highest BCUT2D eigenvalue weighted by Crippen LogP contribution is 2.26. The largest absolute Gasteiger partial charge is 0.352 e. The second kappa shape index (κ2) is 9.12. The zero-order chi connectivity index (χ0) is 20.3. The molecular formula is C22H31N3O2S. The van der Waals surface area contributed by atoms with E-state index in [2.05, 4.69) is 26.1 Å². The molecule has 1 fully saturated rings. The lowest BCUT2D eigenvalue weighted by atomic mass is 9.86. The van der Waals surface area contributed by atoms with Crippen LogP contribution in [0.2, 0.25) is 0 Å². The number of aromatic nitrogens is 2. The number of para-hydroxylation sites is 1. The molecule has 1 N–H and O–H groups in total. The summed E-state index contributed by atoms with van der Waals surface area (Å²) < 4.78 is 1.73. The third-order valence-corrected chi connectivity index (χ3v) is 6.56. The fourth-order valence-electron chi connectivity index (χ4n) is 3.81. The maximum atomic E-state index is 13.0. The van der Waals surface area contributed by atoms with Crippen LogP contribution < -0.4 is 10.9 Å². The van der Waals surface area contributed by atoms with Crippen molar-refractivity contribution in [1.29, 1.82) is 0 Å². The van der Waals surface area contributed by atoms with E-state index in [9.17, 15) is 9.59 Å². The van der Waals surface area contributed by atoms with Gasteiger partial charge in [0.1, 0.15) is 0 Å². The molecule has 1 amide bonds. The van der Waals surface area contributed by atoms with Crippen molar-refractivity contribution in [2.45, 2.75) is 76.4 Å². The highest BCUT2D eigenvalue weighted by molar-refractivity contribution is 8.00. The first kappa shape index (κ1) is 20.9. The molecule has 1 aliphatic rings. The minimum atomic E-state index is -0.305. The van der Waals surface area contributed by atoms with Crippen molar-refractivity contribution >= 4 is 28.6 Å². The zero-order valence-electron chi connectivity index (χ0n) is 17.3. The number of carbonyl (C=O) groups is 1. The molecule has 3 atom stereocenters. The Morgan fingerprint density at radius 1 is 1.25 bits per heavy atom. The van der Waals surface area contributed by atoms with Gasteiger partial charge in [-0.3, -0.25) is 14.2 Å². The molecule has 152 valence electrons. The van der Waals surface area contributed by atoms with Crippen LogP contribution in [-0.2, 0) is 11.3 Å². The first-order valence-corrected chi connectivity index (χ1v) is 11.2. The monoisotopic (exact) mass is 401 g/mol. The second-order valence-corrected chi connectivity index (χ2v) is 9.67. The van der Waals surface area contributed by atoms with Crippen LogP contribution in [0.5, 0.6) is 0 Å². The fraction of sp³-hybridized carbons (Fsp3) is 0.591. The average molecular weight is 402 g/mol. The topological polar surface area (TPSA) is 64.0 Å². The van der Waals surface area contributed by atoms with Crippen LogP contribution >= 0.6 is 11.8 Å². The Labute approximate surface area is 171 Å². The van der Waals surface area contributed by atoms with Gasteiger partial charge < -0.3 is 5.32 Å². The van der Waals surface area contributed by atoms with E-state index >= 15 is 0 Å². The lowest BCUT2D eigenvalue weighted by Crippen LogP contribution is -2.44. The van der Waals surface area contributed by atoms with Crippen LogP contribution in [0.25, 0.3) is 10.9 Å². The van der Waals surface area contributed by atoms with Gasteiger partial charge in [-0.25, -0.2) is 4.98 Å². The lowest BCUT2D eigenvalue weighted by Gasteiger charge is -2.30. The van der Waals surface area contributed by atoms with E-state index < -0.39 is 0 Å². The summed E-state index contributed by atoms with van der Waals surface area (Å²) >= 11 is 1.38. The van der Waals surface area contributed by atoms with Crippen LogP contribution in [0.15, 0.2) is 34.2 Å². The van der Waals surface area contributed by atoms with Crippen molar-refractivity contribution in [3.63, 3.8) is 0 Å². The zero-order valence-corrected chi connectivity index (χ0v) is 18.1. The Bertz CT molecular complexity index is 893. The number of carbonyl (C=O) groups excluding carboxylic acids is 1. The minimum absolute atomic E-state index is 0.0299. The second-order valence-electron chi connectivity index (χ2n) is 8.36. The summed E-state index contributed by atoms with van der Waals surface area (Å²) in [5.41, 5.74) is 0.652. The van der Waals surface area contributed by atoms with Gasteiger partial charge in [-0.1, -0.05) is 57.5 Å². The number of nitrogens with one attached hydrogen (secondary N) is 1. The highest BCUT2D eigenvalue weighted by atomic mass is 32.2. The predicted molar refractivity (Wildman–Crippen MR) is 116 cm³/mol. The molecule has 3 rings (SSSR count). The van der Waals surface area contributed by atoms with E-state index in [0.717, 1.165) is 6.42 Å².